The number of aryl methyl sites for hydroxylation is 2. The molecule has 0 aliphatic carbocycles. The van der Waals surface area contributed by atoms with Gasteiger partial charge in [0.15, 0.2) is 11.8 Å². The summed E-state index contributed by atoms with van der Waals surface area (Å²) in [6, 6.07) is 2.12. The fourth-order valence-corrected chi connectivity index (χ4v) is 3.18. The summed E-state index contributed by atoms with van der Waals surface area (Å²) in [6.45, 7) is 7.46. The molecule has 0 atom stereocenters. The van der Waals surface area contributed by atoms with Gasteiger partial charge in [-0.2, -0.15) is 0 Å². The molecule has 2 heterocycles. The van der Waals surface area contributed by atoms with Crippen LogP contribution in [0.25, 0.3) is 0 Å². The molecule has 0 fully saturated rings. The molecular formula is C18H31BrIN7O. The molecule has 0 saturated carbocycles. The Morgan fingerprint density at radius 3 is 2.68 bits per heavy atom. The van der Waals surface area contributed by atoms with Gasteiger partial charge in [0.05, 0.1) is 6.54 Å². The second kappa shape index (κ2) is 12.4. The Morgan fingerprint density at radius 2 is 2.11 bits per heavy atom. The normalized spacial score (nSPS) is 11.4. The van der Waals surface area contributed by atoms with Crippen LogP contribution in [0, 0.1) is 6.92 Å². The number of halogens is 2. The van der Waals surface area contributed by atoms with E-state index in [1.807, 2.05) is 39.6 Å². The van der Waals surface area contributed by atoms with E-state index in [0.717, 1.165) is 54.8 Å². The van der Waals surface area contributed by atoms with Crippen molar-refractivity contribution >= 4 is 45.9 Å². The lowest BCUT2D eigenvalue weighted by Gasteiger charge is -2.23. The molecular weight excluding hydrogens is 537 g/mol. The first kappa shape index (κ1) is 24.9. The lowest BCUT2D eigenvalue weighted by molar-refractivity contribution is 0.145. The molecule has 2 aromatic rings. The molecule has 0 aliphatic heterocycles. The second-order valence-electron chi connectivity index (χ2n) is 6.46. The average Bonchev–Trinajstić information content (AvgIpc) is 3.11. The van der Waals surface area contributed by atoms with Crippen LogP contribution in [0.3, 0.4) is 0 Å². The maximum Gasteiger partial charge on any atom is 0.194 e. The first-order chi connectivity index (χ1) is 12.9. The van der Waals surface area contributed by atoms with Gasteiger partial charge in [-0.15, -0.1) is 34.2 Å². The van der Waals surface area contributed by atoms with Gasteiger partial charge in [0, 0.05) is 57.3 Å². The predicted molar refractivity (Wildman–Crippen MR) is 126 cm³/mol. The Labute approximate surface area is 192 Å². The number of ether oxygens (including phenoxy) is 1. The number of hydrogen-bond acceptors (Lipinski definition) is 4. The molecule has 0 spiro atoms. The van der Waals surface area contributed by atoms with Crippen molar-refractivity contribution in [2.24, 2.45) is 19.1 Å². The maximum absolute atomic E-state index is 5.41. The van der Waals surface area contributed by atoms with Crippen molar-refractivity contribution in [1.29, 1.82) is 0 Å². The molecule has 1 N–H and O–H groups in total. The van der Waals surface area contributed by atoms with Gasteiger partial charge >= 0.3 is 0 Å². The molecule has 0 unspecified atom stereocenters. The Hall–Kier alpha value is -1.14. The summed E-state index contributed by atoms with van der Waals surface area (Å²) < 4.78 is 10.6. The van der Waals surface area contributed by atoms with Gasteiger partial charge in [-0.3, -0.25) is 0 Å². The fraction of sp³-hybridized carbons (Fsp3) is 0.611. The summed E-state index contributed by atoms with van der Waals surface area (Å²) in [6.07, 6.45) is 2.98. The highest BCUT2D eigenvalue weighted by Gasteiger charge is 2.11. The van der Waals surface area contributed by atoms with Crippen LogP contribution in [0.15, 0.2) is 21.7 Å². The summed E-state index contributed by atoms with van der Waals surface area (Å²) in [7, 11) is 6.04. The Kier molecular flexibility index (Phi) is 11.1. The summed E-state index contributed by atoms with van der Waals surface area (Å²) in [5.41, 5.74) is 1.20. The van der Waals surface area contributed by atoms with Crippen molar-refractivity contribution in [1.82, 2.24) is 29.5 Å². The zero-order valence-electron chi connectivity index (χ0n) is 17.3. The number of guanidine groups is 1. The highest BCUT2D eigenvalue weighted by atomic mass is 127. The Bertz CT molecular complexity index is 759. The second-order valence-corrected chi connectivity index (χ2v) is 7.37. The molecule has 0 saturated heterocycles. The number of aliphatic imine (C=N–C) groups is 1. The van der Waals surface area contributed by atoms with E-state index in [0.29, 0.717) is 6.54 Å². The Balaban J connectivity index is 0.00000392. The summed E-state index contributed by atoms with van der Waals surface area (Å²) in [5.74, 6) is 2.56. The number of aromatic nitrogens is 4. The van der Waals surface area contributed by atoms with E-state index >= 15 is 0 Å². The quantitative estimate of drug-likeness (QED) is 0.218. The van der Waals surface area contributed by atoms with Crippen molar-refractivity contribution in [2.75, 3.05) is 26.8 Å². The lowest BCUT2D eigenvalue weighted by atomic mass is 10.4. The first-order valence-corrected chi connectivity index (χ1v) is 9.94. The third-order valence-corrected chi connectivity index (χ3v) is 4.77. The third kappa shape index (κ3) is 7.36. The molecule has 2 aromatic heterocycles. The number of rotatable bonds is 9. The van der Waals surface area contributed by atoms with E-state index in [2.05, 4.69) is 53.2 Å². The standard InChI is InChI=1S/C18H30BrN7O.HI/c1-6-27-9-7-8-20-18(21-11-17-23-22-14(2)26(17)5)25(4)13-16-10-15(19)12-24(16)3;/h10,12H,6-9,11,13H2,1-5H3,(H,20,21);1H. The molecule has 158 valence electrons. The van der Waals surface area contributed by atoms with Crippen molar-refractivity contribution in [3.05, 3.63) is 34.1 Å². The molecule has 0 aromatic carbocycles. The van der Waals surface area contributed by atoms with Crippen LogP contribution in [-0.2, 0) is 31.9 Å². The van der Waals surface area contributed by atoms with Gasteiger partial charge in [-0.25, -0.2) is 4.99 Å². The van der Waals surface area contributed by atoms with E-state index in [-0.39, 0.29) is 24.0 Å². The minimum Gasteiger partial charge on any atom is -0.382 e. The van der Waals surface area contributed by atoms with Crippen molar-refractivity contribution in [3.63, 3.8) is 0 Å². The van der Waals surface area contributed by atoms with Crippen LogP contribution in [0.1, 0.15) is 30.7 Å². The minimum atomic E-state index is 0. The van der Waals surface area contributed by atoms with E-state index < -0.39 is 0 Å². The molecule has 2 rings (SSSR count). The first-order valence-electron chi connectivity index (χ1n) is 9.15. The van der Waals surface area contributed by atoms with Gasteiger partial charge in [0.1, 0.15) is 12.4 Å². The fourth-order valence-electron chi connectivity index (χ4n) is 2.61. The topological polar surface area (TPSA) is 72.5 Å². The molecule has 0 amide bonds. The van der Waals surface area contributed by atoms with E-state index in [1.165, 1.54) is 5.69 Å². The van der Waals surface area contributed by atoms with Gasteiger partial charge in [0.25, 0.3) is 0 Å². The zero-order valence-corrected chi connectivity index (χ0v) is 21.2. The SMILES string of the molecule is CCOCCCNC(=NCc1nnc(C)n1C)N(C)Cc1cc(Br)cn1C.I. The van der Waals surface area contributed by atoms with Gasteiger partial charge < -0.3 is 24.1 Å². The largest absolute Gasteiger partial charge is 0.382 e. The molecule has 28 heavy (non-hydrogen) atoms. The minimum absolute atomic E-state index is 0. The van der Waals surface area contributed by atoms with Gasteiger partial charge in [0.2, 0.25) is 0 Å². The summed E-state index contributed by atoms with van der Waals surface area (Å²) >= 11 is 3.53. The van der Waals surface area contributed by atoms with E-state index in [1.54, 1.807) is 0 Å². The van der Waals surface area contributed by atoms with Crippen molar-refractivity contribution < 1.29 is 4.74 Å². The van der Waals surface area contributed by atoms with Crippen LogP contribution in [0.2, 0.25) is 0 Å². The molecule has 0 bridgehead atoms. The van der Waals surface area contributed by atoms with Crippen LogP contribution < -0.4 is 5.32 Å². The van der Waals surface area contributed by atoms with Gasteiger partial charge in [-0.05, 0) is 42.3 Å². The van der Waals surface area contributed by atoms with Crippen molar-refractivity contribution in [3.8, 4) is 0 Å². The zero-order chi connectivity index (χ0) is 19.8. The maximum atomic E-state index is 5.41. The van der Waals surface area contributed by atoms with Crippen LogP contribution in [-0.4, -0.2) is 57.0 Å². The van der Waals surface area contributed by atoms with Crippen LogP contribution in [0.5, 0.6) is 0 Å². The average molecular weight is 568 g/mol. The van der Waals surface area contributed by atoms with Crippen LogP contribution >= 0.6 is 39.9 Å². The molecule has 0 radical (unpaired) electrons. The summed E-state index contributed by atoms with van der Waals surface area (Å²) in [4.78, 5) is 6.88. The Morgan fingerprint density at radius 1 is 1.36 bits per heavy atom. The third-order valence-electron chi connectivity index (χ3n) is 4.34. The smallest absolute Gasteiger partial charge is 0.194 e. The predicted octanol–water partition coefficient (Wildman–Crippen LogP) is 2.85. The highest BCUT2D eigenvalue weighted by Crippen LogP contribution is 2.15. The van der Waals surface area contributed by atoms with Crippen LogP contribution in [0.4, 0.5) is 0 Å². The van der Waals surface area contributed by atoms with Gasteiger partial charge in [-0.1, -0.05) is 0 Å². The molecule has 10 heteroatoms. The lowest BCUT2D eigenvalue weighted by Crippen LogP contribution is -2.39. The highest BCUT2D eigenvalue weighted by molar-refractivity contribution is 14.0. The molecule has 0 aliphatic rings. The monoisotopic (exact) mass is 567 g/mol. The van der Waals surface area contributed by atoms with E-state index in [9.17, 15) is 0 Å². The van der Waals surface area contributed by atoms with E-state index in [4.69, 9.17) is 9.73 Å². The number of hydrogen-bond donors (Lipinski definition) is 1. The van der Waals surface area contributed by atoms with Crippen molar-refractivity contribution in [2.45, 2.75) is 33.4 Å². The summed E-state index contributed by atoms with van der Waals surface area (Å²) in [5, 5.41) is 11.7. The number of nitrogens with zero attached hydrogens (tertiary/aromatic N) is 6. The molecule has 8 nitrogen and oxygen atoms in total. The number of nitrogens with one attached hydrogen (secondary N) is 1.